The smallest absolute Gasteiger partial charge is 0.387 e. The molecule has 6 nitrogen and oxygen atoms in total. The number of benzene rings is 2. The molecule has 0 fully saturated rings. The maximum Gasteiger partial charge on any atom is 0.387 e. The molecule has 0 radical (unpaired) electrons. The molecule has 0 saturated heterocycles. The summed E-state index contributed by atoms with van der Waals surface area (Å²) >= 11 is 0. The Morgan fingerprint density at radius 3 is 1.41 bits per heavy atom. The third-order valence-corrected chi connectivity index (χ3v) is 5.21. The summed E-state index contributed by atoms with van der Waals surface area (Å²) in [6.07, 6.45) is 0. The Kier molecular flexibility index (Phi) is 7.54. The molecule has 11 heteroatoms. The van der Waals surface area contributed by atoms with Gasteiger partial charge < -0.3 is 18.9 Å². The summed E-state index contributed by atoms with van der Waals surface area (Å²) < 4.78 is 93.0. The predicted molar refractivity (Wildman–Crippen MR) is 95.6 cm³/mol. The van der Waals surface area contributed by atoms with E-state index in [4.69, 9.17) is 9.47 Å². The van der Waals surface area contributed by atoms with Gasteiger partial charge in [0.25, 0.3) is 0 Å². The summed E-state index contributed by atoms with van der Waals surface area (Å²) in [5, 5.41) is 0. The van der Waals surface area contributed by atoms with E-state index in [9.17, 15) is 26.0 Å². The van der Waals surface area contributed by atoms with Crippen LogP contribution in [0.15, 0.2) is 36.4 Å². The maximum atomic E-state index is 12.5. The monoisotopic (exact) mass is 438 g/mol. The third kappa shape index (κ3) is 6.70. The van der Waals surface area contributed by atoms with Gasteiger partial charge in [-0.15, -0.1) is 0 Å². The van der Waals surface area contributed by atoms with Crippen LogP contribution in [-0.2, 0) is 21.3 Å². The first-order chi connectivity index (χ1) is 13.6. The van der Waals surface area contributed by atoms with Gasteiger partial charge in [-0.3, -0.25) is 0 Å². The van der Waals surface area contributed by atoms with Gasteiger partial charge in [-0.1, -0.05) is 12.1 Å². The Bertz CT molecular complexity index is 864. The lowest BCUT2D eigenvalue weighted by atomic mass is 10.2. The summed E-state index contributed by atoms with van der Waals surface area (Å²) in [7, 11) is -1.22. The number of methoxy groups -OCH3 is 2. The molecule has 2 aromatic rings. The normalized spacial score (nSPS) is 11.6. The minimum atomic E-state index is -3.70. The highest BCUT2D eigenvalue weighted by Gasteiger charge is 2.18. The standard InChI is InChI=1S/C18H18F4O6S/c1-25-15-7-11(3-5-13(15)27-17(19)20)9-29(23,24)10-12-4-6-14(28-18(21)22)16(8-12)26-2/h3-8,17-18H,9-10H2,1-2H3. The van der Waals surface area contributed by atoms with Gasteiger partial charge >= 0.3 is 13.2 Å². The second kappa shape index (κ2) is 9.68. The van der Waals surface area contributed by atoms with Crippen LogP contribution < -0.4 is 18.9 Å². The van der Waals surface area contributed by atoms with Crippen molar-refractivity contribution in [2.24, 2.45) is 0 Å². The molecule has 29 heavy (non-hydrogen) atoms. The van der Waals surface area contributed by atoms with Crippen molar-refractivity contribution in [2.45, 2.75) is 24.7 Å². The van der Waals surface area contributed by atoms with E-state index in [0.717, 1.165) is 0 Å². The molecule has 160 valence electrons. The molecule has 0 bridgehead atoms. The summed E-state index contributed by atoms with van der Waals surface area (Å²) in [6, 6.07) is 7.62. The van der Waals surface area contributed by atoms with Crippen LogP contribution in [0.1, 0.15) is 11.1 Å². The minimum Gasteiger partial charge on any atom is -0.493 e. The number of sulfone groups is 1. The van der Waals surface area contributed by atoms with Crippen molar-refractivity contribution < 1.29 is 44.9 Å². The molecule has 0 aliphatic carbocycles. The first kappa shape index (κ1) is 22.6. The lowest BCUT2D eigenvalue weighted by molar-refractivity contribution is -0.0518. The van der Waals surface area contributed by atoms with Crippen molar-refractivity contribution in [1.29, 1.82) is 0 Å². The van der Waals surface area contributed by atoms with E-state index in [0.29, 0.717) is 11.1 Å². The van der Waals surface area contributed by atoms with Crippen LogP contribution in [0.2, 0.25) is 0 Å². The van der Waals surface area contributed by atoms with Gasteiger partial charge in [0.2, 0.25) is 0 Å². The number of ether oxygens (including phenoxy) is 4. The molecule has 0 saturated carbocycles. The zero-order chi connectivity index (χ0) is 21.6. The van der Waals surface area contributed by atoms with Crippen molar-refractivity contribution in [2.75, 3.05) is 14.2 Å². The first-order valence-corrected chi connectivity index (χ1v) is 9.89. The third-order valence-electron chi connectivity index (χ3n) is 3.66. The van der Waals surface area contributed by atoms with Crippen LogP contribution in [0.5, 0.6) is 23.0 Å². The highest BCUT2D eigenvalue weighted by atomic mass is 32.2. The molecule has 2 aromatic carbocycles. The van der Waals surface area contributed by atoms with Crippen LogP contribution in [-0.4, -0.2) is 35.9 Å². The van der Waals surface area contributed by atoms with Crippen molar-refractivity contribution in [1.82, 2.24) is 0 Å². The van der Waals surface area contributed by atoms with Gasteiger partial charge in [0.15, 0.2) is 32.8 Å². The first-order valence-electron chi connectivity index (χ1n) is 8.07. The Morgan fingerprint density at radius 1 is 0.724 bits per heavy atom. The zero-order valence-corrected chi connectivity index (χ0v) is 16.2. The van der Waals surface area contributed by atoms with Gasteiger partial charge in [-0.2, -0.15) is 17.6 Å². The van der Waals surface area contributed by atoms with Crippen LogP contribution in [0.4, 0.5) is 17.6 Å². The number of hydrogen-bond donors (Lipinski definition) is 0. The van der Waals surface area contributed by atoms with Crippen LogP contribution >= 0.6 is 0 Å². The average molecular weight is 438 g/mol. The topological polar surface area (TPSA) is 71.1 Å². The fourth-order valence-corrected chi connectivity index (χ4v) is 4.03. The highest BCUT2D eigenvalue weighted by Crippen LogP contribution is 2.32. The molecule has 0 spiro atoms. The largest absolute Gasteiger partial charge is 0.493 e. The summed E-state index contributed by atoms with van der Waals surface area (Å²) in [4.78, 5) is 0. The summed E-state index contributed by atoms with van der Waals surface area (Å²) in [5.41, 5.74) is 0.598. The van der Waals surface area contributed by atoms with E-state index in [1.165, 1.54) is 50.6 Å². The van der Waals surface area contributed by atoms with E-state index in [1.54, 1.807) is 0 Å². The van der Waals surface area contributed by atoms with Gasteiger partial charge in [0.05, 0.1) is 25.7 Å². The maximum absolute atomic E-state index is 12.5. The molecule has 0 aliphatic rings. The average Bonchev–Trinajstić information content (AvgIpc) is 2.62. The molecular weight excluding hydrogens is 420 g/mol. The molecule has 0 unspecified atom stereocenters. The van der Waals surface area contributed by atoms with E-state index in [1.807, 2.05) is 0 Å². The molecule has 0 aliphatic heterocycles. The van der Waals surface area contributed by atoms with Crippen molar-refractivity contribution in [3.63, 3.8) is 0 Å². The molecular formula is C18H18F4O6S. The van der Waals surface area contributed by atoms with Crippen molar-refractivity contribution in [3.05, 3.63) is 47.5 Å². The van der Waals surface area contributed by atoms with Gasteiger partial charge in [-0.05, 0) is 35.4 Å². The lowest BCUT2D eigenvalue weighted by Gasteiger charge is -2.13. The SMILES string of the molecule is COc1cc(CS(=O)(=O)Cc2ccc(OC(F)F)c(OC)c2)ccc1OC(F)F. The summed E-state index contributed by atoms with van der Waals surface area (Å²) in [5.74, 6) is -1.32. The second-order valence-corrected chi connectivity index (χ2v) is 7.82. The fraction of sp³-hybridized carbons (Fsp3) is 0.333. The second-order valence-electron chi connectivity index (χ2n) is 5.76. The molecule has 0 aromatic heterocycles. The van der Waals surface area contributed by atoms with E-state index >= 15 is 0 Å². The zero-order valence-electron chi connectivity index (χ0n) is 15.4. The molecule has 0 heterocycles. The number of hydrogen-bond acceptors (Lipinski definition) is 6. The van der Waals surface area contributed by atoms with Crippen LogP contribution in [0.3, 0.4) is 0 Å². The quantitative estimate of drug-likeness (QED) is 0.522. The molecule has 0 amide bonds. The molecule has 0 atom stereocenters. The van der Waals surface area contributed by atoms with E-state index < -0.39 is 34.6 Å². The Morgan fingerprint density at radius 2 is 1.10 bits per heavy atom. The fourth-order valence-electron chi connectivity index (χ4n) is 2.55. The molecule has 0 N–H and O–H groups in total. The Hall–Kier alpha value is -2.69. The minimum absolute atomic E-state index is 0.0341. The van der Waals surface area contributed by atoms with Crippen LogP contribution in [0, 0.1) is 0 Å². The van der Waals surface area contributed by atoms with E-state index in [2.05, 4.69) is 9.47 Å². The highest BCUT2D eigenvalue weighted by molar-refractivity contribution is 7.89. The van der Waals surface area contributed by atoms with Gasteiger partial charge in [-0.25, -0.2) is 8.42 Å². The van der Waals surface area contributed by atoms with Crippen LogP contribution in [0.25, 0.3) is 0 Å². The number of alkyl halides is 4. The Labute approximate surface area is 164 Å². The number of rotatable bonds is 10. The predicted octanol–water partition coefficient (Wildman–Crippen LogP) is 4.02. The molecule has 2 rings (SSSR count). The van der Waals surface area contributed by atoms with Crippen molar-refractivity contribution in [3.8, 4) is 23.0 Å². The number of halogens is 4. The lowest BCUT2D eigenvalue weighted by Crippen LogP contribution is -2.09. The van der Waals surface area contributed by atoms with Gasteiger partial charge in [0, 0.05) is 0 Å². The summed E-state index contributed by atoms with van der Waals surface area (Å²) in [6.45, 7) is -6.10. The Balaban J connectivity index is 2.18. The van der Waals surface area contributed by atoms with E-state index in [-0.39, 0.29) is 23.0 Å². The van der Waals surface area contributed by atoms with Crippen molar-refractivity contribution >= 4 is 9.84 Å². The van der Waals surface area contributed by atoms with Gasteiger partial charge in [0.1, 0.15) is 0 Å².